The molecule has 16 heavy (non-hydrogen) atoms. The molecule has 1 rings (SSSR count). The first-order valence-corrected chi connectivity index (χ1v) is 4.74. The van der Waals surface area contributed by atoms with Crippen LogP contribution < -0.4 is 5.32 Å². The van der Waals surface area contributed by atoms with Crippen LogP contribution in [0.2, 0.25) is 0 Å². The highest BCUT2D eigenvalue weighted by Crippen LogP contribution is 2.33. The van der Waals surface area contributed by atoms with Crippen LogP contribution >= 0.6 is 0 Å². The fourth-order valence-corrected chi connectivity index (χ4v) is 1.30. The molecular weight excluding hydrogens is 217 g/mol. The summed E-state index contributed by atoms with van der Waals surface area (Å²) in [5, 5.41) is 11.1. The molecule has 86 valence electrons. The van der Waals surface area contributed by atoms with Crippen LogP contribution in [0.15, 0.2) is 18.2 Å². The fourth-order valence-electron chi connectivity index (χ4n) is 1.30. The quantitative estimate of drug-likeness (QED) is 0.805. The standard InChI is InChI=1S/C11H11F3N2/c1-8-3-4-9(16-6-2-5-15)7-10(8)11(12,13)14/h3-4,7,16H,2,6H2,1H3. The molecule has 0 unspecified atom stereocenters. The van der Waals surface area contributed by atoms with E-state index in [0.717, 1.165) is 6.07 Å². The summed E-state index contributed by atoms with van der Waals surface area (Å²) in [7, 11) is 0. The van der Waals surface area contributed by atoms with Gasteiger partial charge in [-0.3, -0.25) is 0 Å². The highest BCUT2D eigenvalue weighted by Gasteiger charge is 2.32. The van der Waals surface area contributed by atoms with Crippen LogP contribution in [0.5, 0.6) is 0 Å². The largest absolute Gasteiger partial charge is 0.416 e. The van der Waals surface area contributed by atoms with E-state index in [1.165, 1.54) is 13.0 Å². The molecule has 0 amide bonds. The molecular formula is C11H11F3N2. The van der Waals surface area contributed by atoms with Gasteiger partial charge in [0.05, 0.1) is 18.1 Å². The van der Waals surface area contributed by atoms with E-state index in [4.69, 9.17) is 5.26 Å². The predicted molar refractivity (Wildman–Crippen MR) is 54.9 cm³/mol. The lowest BCUT2D eigenvalue weighted by Crippen LogP contribution is -2.09. The second kappa shape index (κ2) is 4.88. The Kier molecular flexibility index (Phi) is 3.78. The lowest BCUT2D eigenvalue weighted by molar-refractivity contribution is -0.138. The van der Waals surface area contributed by atoms with Crippen molar-refractivity contribution in [2.45, 2.75) is 19.5 Å². The summed E-state index contributed by atoms with van der Waals surface area (Å²) in [6, 6.07) is 5.96. The van der Waals surface area contributed by atoms with Crippen molar-refractivity contribution in [3.05, 3.63) is 29.3 Å². The van der Waals surface area contributed by atoms with Gasteiger partial charge in [-0.15, -0.1) is 0 Å². The van der Waals surface area contributed by atoms with Crippen LogP contribution in [0.3, 0.4) is 0 Å². The van der Waals surface area contributed by atoms with E-state index < -0.39 is 11.7 Å². The maximum absolute atomic E-state index is 12.5. The lowest BCUT2D eigenvalue weighted by Gasteiger charge is -2.12. The van der Waals surface area contributed by atoms with Gasteiger partial charge in [0.15, 0.2) is 0 Å². The van der Waals surface area contributed by atoms with Gasteiger partial charge in [-0.05, 0) is 24.6 Å². The summed E-state index contributed by atoms with van der Waals surface area (Å²) in [4.78, 5) is 0. The number of benzene rings is 1. The molecule has 1 aromatic carbocycles. The van der Waals surface area contributed by atoms with Crippen LogP contribution in [0, 0.1) is 18.3 Å². The Morgan fingerprint density at radius 1 is 1.38 bits per heavy atom. The van der Waals surface area contributed by atoms with Crippen molar-refractivity contribution >= 4 is 5.69 Å². The Bertz CT molecular complexity index is 405. The topological polar surface area (TPSA) is 35.8 Å². The van der Waals surface area contributed by atoms with Gasteiger partial charge < -0.3 is 5.32 Å². The predicted octanol–water partition coefficient (Wildman–Crippen LogP) is 3.34. The molecule has 0 saturated heterocycles. The number of nitrogens with one attached hydrogen (secondary N) is 1. The second-order valence-corrected chi connectivity index (χ2v) is 3.36. The number of nitriles is 1. The van der Waals surface area contributed by atoms with E-state index in [0.29, 0.717) is 12.2 Å². The third kappa shape index (κ3) is 3.16. The number of alkyl halides is 3. The molecule has 1 aromatic rings. The smallest absolute Gasteiger partial charge is 0.384 e. The zero-order valence-electron chi connectivity index (χ0n) is 8.73. The monoisotopic (exact) mass is 228 g/mol. The number of halogens is 3. The van der Waals surface area contributed by atoms with Crippen molar-refractivity contribution < 1.29 is 13.2 Å². The lowest BCUT2D eigenvalue weighted by atomic mass is 10.1. The molecule has 1 N–H and O–H groups in total. The summed E-state index contributed by atoms with van der Waals surface area (Å²) >= 11 is 0. The Hall–Kier alpha value is -1.70. The van der Waals surface area contributed by atoms with Crippen LogP contribution in [-0.4, -0.2) is 6.54 Å². The zero-order valence-corrected chi connectivity index (χ0v) is 8.73. The summed E-state index contributed by atoms with van der Waals surface area (Å²) in [5.74, 6) is 0. The minimum absolute atomic E-state index is 0.193. The maximum Gasteiger partial charge on any atom is 0.416 e. The Balaban J connectivity index is 2.87. The molecule has 0 aromatic heterocycles. The second-order valence-electron chi connectivity index (χ2n) is 3.36. The van der Waals surface area contributed by atoms with E-state index in [2.05, 4.69) is 5.32 Å². The van der Waals surface area contributed by atoms with E-state index in [9.17, 15) is 13.2 Å². The van der Waals surface area contributed by atoms with E-state index in [-0.39, 0.29) is 12.0 Å². The molecule has 0 aliphatic heterocycles. The molecule has 0 saturated carbocycles. The van der Waals surface area contributed by atoms with Crippen molar-refractivity contribution in [3.63, 3.8) is 0 Å². The van der Waals surface area contributed by atoms with Gasteiger partial charge in [-0.1, -0.05) is 6.07 Å². The molecule has 0 radical (unpaired) electrons. The first-order valence-electron chi connectivity index (χ1n) is 4.74. The normalized spacial score (nSPS) is 10.9. The molecule has 2 nitrogen and oxygen atoms in total. The van der Waals surface area contributed by atoms with Crippen LogP contribution in [0.1, 0.15) is 17.5 Å². The number of aryl methyl sites for hydroxylation is 1. The van der Waals surface area contributed by atoms with E-state index in [1.54, 1.807) is 6.07 Å². The van der Waals surface area contributed by atoms with E-state index in [1.807, 2.05) is 6.07 Å². The first kappa shape index (κ1) is 12.4. The zero-order chi connectivity index (χ0) is 12.2. The van der Waals surface area contributed by atoms with Crippen molar-refractivity contribution in [2.75, 3.05) is 11.9 Å². The molecule has 0 atom stereocenters. The Labute approximate surface area is 91.7 Å². The Morgan fingerprint density at radius 2 is 2.06 bits per heavy atom. The molecule has 0 aliphatic rings. The summed E-state index contributed by atoms with van der Waals surface area (Å²) < 4.78 is 37.6. The molecule has 5 heteroatoms. The number of nitrogens with zero attached hydrogens (tertiary/aromatic N) is 1. The van der Waals surface area contributed by atoms with Gasteiger partial charge >= 0.3 is 6.18 Å². The highest BCUT2D eigenvalue weighted by atomic mass is 19.4. The van der Waals surface area contributed by atoms with Gasteiger partial charge in [-0.25, -0.2) is 0 Å². The van der Waals surface area contributed by atoms with Gasteiger partial charge in [0.1, 0.15) is 0 Å². The van der Waals surface area contributed by atoms with Gasteiger partial charge in [-0.2, -0.15) is 18.4 Å². The van der Waals surface area contributed by atoms with Gasteiger partial charge in [0.25, 0.3) is 0 Å². The number of anilines is 1. The average molecular weight is 228 g/mol. The van der Waals surface area contributed by atoms with Crippen molar-refractivity contribution in [3.8, 4) is 6.07 Å². The summed E-state index contributed by atoms with van der Waals surface area (Å²) in [5.41, 5.74) is -0.0686. The number of hydrogen-bond acceptors (Lipinski definition) is 2. The van der Waals surface area contributed by atoms with Gasteiger partial charge in [0, 0.05) is 12.2 Å². The third-order valence-electron chi connectivity index (χ3n) is 2.11. The average Bonchev–Trinajstić information content (AvgIpc) is 2.19. The third-order valence-corrected chi connectivity index (χ3v) is 2.11. The maximum atomic E-state index is 12.5. The minimum Gasteiger partial charge on any atom is -0.384 e. The minimum atomic E-state index is -4.34. The Morgan fingerprint density at radius 3 is 2.62 bits per heavy atom. The molecule has 0 bridgehead atoms. The van der Waals surface area contributed by atoms with Crippen LogP contribution in [0.25, 0.3) is 0 Å². The highest BCUT2D eigenvalue weighted by molar-refractivity contribution is 5.49. The van der Waals surface area contributed by atoms with Crippen molar-refractivity contribution in [1.82, 2.24) is 0 Å². The molecule has 0 aliphatic carbocycles. The molecule has 0 spiro atoms. The fraction of sp³-hybridized carbons (Fsp3) is 0.364. The van der Waals surface area contributed by atoms with Crippen LogP contribution in [0.4, 0.5) is 18.9 Å². The molecule has 0 fully saturated rings. The summed E-state index contributed by atoms with van der Waals surface area (Å²) in [6.07, 6.45) is -4.08. The molecule has 0 heterocycles. The summed E-state index contributed by atoms with van der Waals surface area (Å²) in [6.45, 7) is 1.76. The number of rotatable bonds is 3. The van der Waals surface area contributed by atoms with Crippen molar-refractivity contribution in [2.24, 2.45) is 0 Å². The number of hydrogen-bond donors (Lipinski definition) is 1. The van der Waals surface area contributed by atoms with Gasteiger partial charge in [0.2, 0.25) is 0 Å². The van der Waals surface area contributed by atoms with Crippen LogP contribution in [-0.2, 0) is 6.18 Å². The van der Waals surface area contributed by atoms with E-state index >= 15 is 0 Å². The SMILES string of the molecule is Cc1ccc(NCCC#N)cc1C(F)(F)F. The van der Waals surface area contributed by atoms with Crippen molar-refractivity contribution in [1.29, 1.82) is 5.26 Å². The first-order chi connectivity index (χ1) is 7.45.